The van der Waals surface area contributed by atoms with Gasteiger partial charge in [0.25, 0.3) is 5.91 Å². The molecule has 0 atom stereocenters. The maximum atomic E-state index is 12.5. The Morgan fingerprint density at radius 3 is 2.35 bits per heavy atom. The number of amides is 1. The molecule has 160 valence electrons. The molecule has 0 aliphatic carbocycles. The number of ether oxygens (including phenoxy) is 1. The molecule has 0 bridgehead atoms. The summed E-state index contributed by atoms with van der Waals surface area (Å²) < 4.78 is 16.9. The van der Waals surface area contributed by atoms with Gasteiger partial charge in [0, 0.05) is 18.0 Å². The van der Waals surface area contributed by atoms with Crippen LogP contribution in [0.2, 0.25) is 0 Å². The van der Waals surface area contributed by atoms with E-state index in [1.54, 1.807) is 24.1 Å². The van der Waals surface area contributed by atoms with Crippen LogP contribution in [-0.2, 0) is 9.68 Å². The van der Waals surface area contributed by atoms with Crippen LogP contribution in [-0.4, -0.2) is 32.1 Å². The normalized spacial score (nSPS) is 12.6. The fraction of sp³-hybridized carbons (Fsp3) is 0.280. The van der Waals surface area contributed by atoms with Crippen LogP contribution in [0.5, 0.6) is 0 Å². The lowest BCUT2D eigenvalue weighted by Crippen LogP contribution is -2.20. The largest absolute Gasteiger partial charge is 0.462 e. The topological polar surface area (TPSA) is 55.8 Å². The molecule has 0 unspecified atom stereocenters. The van der Waals surface area contributed by atoms with Crippen LogP contribution in [0.25, 0.3) is 21.9 Å². The predicted octanol–water partition coefficient (Wildman–Crippen LogP) is 5.72. The van der Waals surface area contributed by atoms with Gasteiger partial charge in [-0.3, -0.25) is 4.79 Å². The molecule has 3 aromatic rings. The molecule has 0 saturated heterocycles. The summed E-state index contributed by atoms with van der Waals surface area (Å²) in [4.78, 5) is 30.0. The molecule has 4 rings (SSSR count). The van der Waals surface area contributed by atoms with Gasteiger partial charge >= 0.3 is 5.97 Å². The first kappa shape index (κ1) is 21.0. The van der Waals surface area contributed by atoms with E-state index >= 15 is 0 Å². The molecule has 1 heterocycles. The molecule has 0 N–H and O–H groups in total. The van der Waals surface area contributed by atoms with Crippen LogP contribution in [0.1, 0.15) is 46.4 Å². The second-order valence-corrected chi connectivity index (χ2v) is 7.67. The smallest absolute Gasteiger partial charge is 0.338 e. The molecule has 5 nitrogen and oxygen atoms in total. The summed E-state index contributed by atoms with van der Waals surface area (Å²) in [5.41, 5.74) is 4.11. The second-order valence-electron chi connectivity index (χ2n) is 7.67. The first-order valence-electron chi connectivity index (χ1n) is 10.5. The number of benzene rings is 3. The number of unbranched alkanes of at least 4 members (excludes halogenated alkanes) is 3. The molecule has 31 heavy (non-hydrogen) atoms. The Balaban J connectivity index is 1.45. The van der Waals surface area contributed by atoms with Gasteiger partial charge in [-0.2, -0.15) is 4.94 Å². The Labute approximate surface area is 180 Å². The van der Waals surface area contributed by atoms with E-state index in [2.05, 4.69) is 4.94 Å². The van der Waals surface area contributed by atoms with Crippen molar-refractivity contribution in [2.45, 2.75) is 25.7 Å². The van der Waals surface area contributed by atoms with Crippen LogP contribution in [0.15, 0.2) is 54.6 Å². The quantitative estimate of drug-likeness (QED) is 0.328. The summed E-state index contributed by atoms with van der Waals surface area (Å²) in [6.45, 7) is 0.450. The Kier molecular flexibility index (Phi) is 6.28. The van der Waals surface area contributed by atoms with Crippen molar-refractivity contribution in [3.05, 3.63) is 65.7 Å². The highest BCUT2D eigenvalue weighted by Crippen LogP contribution is 2.40. The maximum Gasteiger partial charge on any atom is 0.338 e. The number of rotatable bonds is 9. The molecular formula is C25H24FNO4. The second kappa shape index (κ2) is 9.27. The van der Waals surface area contributed by atoms with Crippen LogP contribution < -0.4 is 4.90 Å². The average Bonchev–Trinajstić information content (AvgIpc) is 3.05. The summed E-state index contributed by atoms with van der Waals surface area (Å²) in [5.74, 6) is -0.349. The highest BCUT2D eigenvalue weighted by Gasteiger charge is 2.27. The number of anilines is 1. The third-order valence-electron chi connectivity index (χ3n) is 5.70. The van der Waals surface area contributed by atoms with Crippen LogP contribution in [0, 0.1) is 0 Å². The van der Waals surface area contributed by atoms with Gasteiger partial charge in [0.05, 0.1) is 24.5 Å². The number of nitrogens with zero attached hydrogens (tertiary/aromatic N) is 1. The van der Waals surface area contributed by atoms with Gasteiger partial charge in [-0.25, -0.2) is 4.79 Å². The Bertz CT molecular complexity index is 1110. The van der Waals surface area contributed by atoms with E-state index in [9.17, 15) is 14.1 Å². The van der Waals surface area contributed by atoms with Gasteiger partial charge in [0.2, 0.25) is 0 Å². The van der Waals surface area contributed by atoms with Gasteiger partial charge in [0.1, 0.15) is 0 Å². The monoisotopic (exact) mass is 421 g/mol. The summed E-state index contributed by atoms with van der Waals surface area (Å²) >= 11 is 0. The minimum absolute atomic E-state index is 0.00610. The van der Waals surface area contributed by atoms with Crippen LogP contribution in [0.4, 0.5) is 10.2 Å². The molecule has 0 aromatic heterocycles. The summed E-state index contributed by atoms with van der Waals surface area (Å²) in [7, 11) is 1.79. The SMILES string of the molecule is CN1C(=O)c2ccc(-c3ccc(C(=O)OCCCCCCOF)cc3)c3cccc1c23. The lowest BCUT2D eigenvalue weighted by Gasteiger charge is -2.11. The average molecular weight is 421 g/mol. The number of hydrogen-bond acceptors (Lipinski definition) is 4. The van der Waals surface area contributed by atoms with Crippen molar-refractivity contribution in [1.82, 2.24) is 0 Å². The third kappa shape index (κ3) is 4.16. The molecule has 3 aromatic carbocycles. The van der Waals surface area contributed by atoms with Crippen molar-refractivity contribution in [3.63, 3.8) is 0 Å². The lowest BCUT2D eigenvalue weighted by molar-refractivity contribution is -0.133. The van der Waals surface area contributed by atoms with Crippen molar-refractivity contribution in [2.24, 2.45) is 0 Å². The van der Waals surface area contributed by atoms with E-state index in [0.29, 0.717) is 24.2 Å². The van der Waals surface area contributed by atoms with Gasteiger partial charge in [-0.1, -0.05) is 36.8 Å². The number of esters is 1. The first-order chi connectivity index (χ1) is 15.1. The fourth-order valence-electron chi connectivity index (χ4n) is 4.03. The van der Waals surface area contributed by atoms with E-state index < -0.39 is 0 Å². The van der Waals surface area contributed by atoms with Gasteiger partial charge in [-0.05, 0) is 64.6 Å². The van der Waals surface area contributed by atoms with E-state index in [0.717, 1.165) is 46.8 Å². The molecule has 0 saturated carbocycles. The standard InChI is InChI=1S/C25H24FNO4/c1-27-22-8-6-7-20-19(13-14-21(23(20)22)24(27)28)17-9-11-18(12-10-17)25(29)30-15-4-2-3-5-16-31-26/h6-14H,2-5,15-16H2,1H3. The van der Waals surface area contributed by atoms with Crippen molar-refractivity contribution in [3.8, 4) is 11.1 Å². The summed E-state index contributed by atoms with van der Waals surface area (Å²) in [6.07, 6.45) is 3.10. The Morgan fingerprint density at radius 1 is 0.903 bits per heavy atom. The van der Waals surface area contributed by atoms with Gasteiger partial charge in [0.15, 0.2) is 0 Å². The molecule has 1 aliphatic rings. The molecule has 0 fully saturated rings. The summed E-state index contributed by atoms with van der Waals surface area (Å²) in [5, 5.41) is 1.98. The highest BCUT2D eigenvalue weighted by atomic mass is 19.3. The van der Waals surface area contributed by atoms with Crippen LogP contribution in [0.3, 0.4) is 0 Å². The number of halogens is 1. The van der Waals surface area contributed by atoms with E-state index in [1.807, 2.05) is 42.5 Å². The molecule has 0 spiro atoms. The number of hydrogen-bond donors (Lipinski definition) is 0. The molecule has 1 amide bonds. The number of carbonyl (C=O) groups excluding carboxylic acids is 2. The van der Waals surface area contributed by atoms with E-state index in [-0.39, 0.29) is 18.5 Å². The van der Waals surface area contributed by atoms with Gasteiger partial charge < -0.3 is 9.64 Å². The maximum absolute atomic E-state index is 12.5. The third-order valence-corrected chi connectivity index (χ3v) is 5.70. The highest BCUT2D eigenvalue weighted by molar-refractivity contribution is 6.26. The zero-order valence-electron chi connectivity index (χ0n) is 17.4. The minimum Gasteiger partial charge on any atom is -0.462 e. The fourth-order valence-corrected chi connectivity index (χ4v) is 4.03. The van der Waals surface area contributed by atoms with E-state index in [1.165, 1.54) is 0 Å². The number of carbonyl (C=O) groups is 2. The Hall–Kier alpha value is -3.25. The first-order valence-corrected chi connectivity index (χ1v) is 10.5. The van der Waals surface area contributed by atoms with Gasteiger partial charge in [-0.15, -0.1) is 0 Å². The van der Waals surface area contributed by atoms with Crippen molar-refractivity contribution in [1.29, 1.82) is 0 Å². The molecule has 0 radical (unpaired) electrons. The lowest BCUT2D eigenvalue weighted by atomic mass is 9.95. The molecule has 6 heteroatoms. The van der Waals surface area contributed by atoms with Crippen molar-refractivity contribution >= 4 is 28.3 Å². The van der Waals surface area contributed by atoms with Crippen LogP contribution >= 0.6 is 0 Å². The zero-order chi connectivity index (χ0) is 21.8. The van der Waals surface area contributed by atoms with Crippen molar-refractivity contribution < 1.29 is 23.8 Å². The minimum atomic E-state index is -0.355. The van der Waals surface area contributed by atoms with Crippen molar-refractivity contribution in [2.75, 3.05) is 25.2 Å². The predicted molar refractivity (Wildman–Crippen MR) is 118 cm³/mol. The molecule has 1 aliphatic heterocycles. The molecular weight excluding hydrogens is 397 g/mol. The van der Waals surface area contributed by atoms with E-state index in [4.69, 9.17) is 4.74 Å². The summed E-state index contributed by atoms with van der Waals surface area (Å²) in [6, 6.07) is 17.1. The zero-order valence-corrected chi connectivity index (χ0v) is 17.4. The Morgan fingerprint density at radius 2 is 1.61 bits per heavy atom.